The van der Waals surface area contributed by atoms with E-state index in [-0.39, 0.29) is 30.1 Å². The molecule has 2 aliphatic rings. The Balaban J connectivity index is 0.00000176. The predicted molar refractivity (Wildman–Crippen MR) is 96.7 cm³/mol. The number of nitrogens with zero attached hydrogens (tertiary/aromatic N) is 2. The Morgan fingerprint density at radius 1 is 1.45 bits per heavy atom. The summed E-state index contributed by atoms with van der Waals surface area (Å²) in [6, 6.07) is 4.48. The number of morpholine rings is 1. The summed E-state index contributed by atoms with van der Waals surface area (Å²) in [6.07, 6.45) is 4.50. The van der Waals surface area contributed by atoms with Crippen LogP contribution in [0.4, 0.5) is 0 Å². The summed E-state index contributed by atoms with van der Waals surface area (Å²) >= 11 is 0. The fourth-order valence-corrected chi connectivity index (χ4v) is 3.02. The lowest BCUT2D eigenvalue weighted by Crippen LogP contribution is -2.51. The number of furan rings is 1. The van der Waals surface area contributed by atoms with Crippen molar-refractivity contribution >= 4 is 29.9 Å². The van der Waals surface area contributed by atoms with Gasteiger partial charge < -0.3 is 19.8 Å². The minimum atomic E-state index is 0. The van der Waals surface area contributed by atoms with Gasteiger partial charge in [-0.25, -0.2) is 0 Å². The van der Waals surface area contributed by atoms with E-state index in [9.17, 15) is 0 Å². The second kappa shape index (κ2) is 8.73. The zero-order valence-corrected chi connectivity index (χ0v) is 15.3. The fourth-order valence-electron chi connectivity index (χ4n) is 3.02. The highest BCUT2D eigenvalue weighted by atomic mass is 127. The van der Waals surface area contributed by atoms with Crippen molar-refractivity contribution in [2.24, 2.45) is 4.99 Å². The summed E-state index contributed by atoms with van der Waals surface area (Å²) < 4.78 is 11.2. The third-order valence-electron chi connectivity index (χ3n) is 4.19. The van der Waals surface area contributed by atoms with Crippen LogP contribution in [-0.4, -0.2) is 56.3 Å². The Hall–Kier alpha value is -0.800. The Morgan fingerprint density at radius 2 is 2.36 bits per heavy atom. The molecule has 2 unspecified atom stereocenters. The number of nitrogens with one attached hydrogen (secondary N) is 2. The first-order chi connectivity index (χ1) is 10.3. The maximum Gasteiger partial charge on any atom is 0.191 e. The van der Waals surface area contributed by atoms with E-state index in [2.05, 4.69) is 20.5 Å². The van der Waals surface area contributed by atoms with Crippen LogP contribution in [0.3, 0.4) is 0 Å². The molecule has 0 bridgehead atoms. The Labute approximate surface area is 148 Å². The highest BCUT2D eigenvalue weighted by molar-refractivity contribution is 14.0. The summed E-state index contributed by atoms with van der Waals surface area (Å²) in [5, 5.41) is 6.56. The molecule has 1 aromatic heterocycles. The van der Waals surface area contributed by atoms with Gasteiger partial charge >= 0.3 is 0 Å². The largest absolute Gasteiger partial charge is 0.467 e. The van der Waals surface area contributed by atoms with Gasteiger partial charge in [-0.2, -0.15) is 0 Å². The van der Waals surface area contributed by atoms with Gasteiger partial charge in [0.2, 0.25) is 0 Å². The van der Waals surface area contributed by atoms with E-state index in [4.69, 9.17) is 9.15 Å². The number of guanidine groups is 1. The Bertz CT molecular complexity index is 466. The van der Waals surface area contributed by atoms with E-state index in [1.54, 1.807) is 13.3 Å². The van der Waals surface area contributed by atoms with Crippen LogP contribution in [0.25, 0.3) is 0 Å². The lowest BCUT2D eigenvalue weighted by molar-refractivity contribution is -0.0453. The average molecular weight is 420 g/mol. The molecule has 2 fully saturated rings. The average Bonchev–Trinajstić information content (AvgIpc) is 3.18. The zero-order valence-electron chi connectivity index (χ0n) is 13.0. The lowest BCUT2D eigenvalue weighted by atomic mass is 10.2. The number of halogens is 1. The van der Waals surface area contributed by atoms with Crippen LogP contribution < -0.4 is 10.6 Å². The number of hydrogen-bond acceptors (Lipinski definition) is 4. The van der Waals surface area contributed by atoms with E-state index in [1.165, 1.54) is 19.4 Å². The van der Waals surface area contributed by atoms with Gasteiger partial charge in [0.15, 0.2) is 5.96 Å². The molecule has 0 saturated carbocycles. The number of aliphatic imine (C=N–C) groups is 1. The molecule has 22 heavy (non-hydrogen) atoms. The van der Waals surface area contributed by atoms with Crippen molar-refractivity contribution in [3.8, 4) is 0 Å². The van der Waals surface area contributed by atoms with E-state index in [1.807, 2.05) is 12.1 Å². The number of hydrogen-bond donors (Lipinski definition) is 2. The predicted octanol–water partition coefficient (Wildman–Crippen LogP) is 1.43. The molecule has 124 valence electrons. The van der Waals surface area contributed by atoms with Crippen LogP contribution in [0.5, 0.6) is 0 Å². The minimum absolute atomic E-state index is 0. The highest BCUT2D eigenvalue weighted by Crippen LogP contribution is 2.22. The number of fused-ring (bicyclic) bond motifs is 1. The van der Waals surface area contributed by atoms with Gasteiger partial charge in [0.25, 0.3) is 0 Å². The number of rotatable bonds is 4. The molecule has 0 aliphatic carbocycles. The molecule has 1 aromatic rings. The maximum absolute atomic E-state index is 5.93. The quantitative estimate of drug-likeness (QED) is 0.439. The standard InChI is InChI=1S/C15H24N4O2.HI/c1-16-15(17-8-13-5-3-7-20-13)18-9-14-10-19-6-2-4-12(19)11-21-14;/h3,5,7,12,14H,2,4,6,8-11H2,1H3,(H2,16,17,18);1H. The summed E-state index contributed by atoms with van der Waals surface area (Å²) in [5.41, 5.74) is 0. The normalized spacial score (nSPS) is 25.4. The van der Waals surface area contributed by atoms with E-state index < -0.39 is 0 Å². The lowest BCUT2D eigenvalue weighted by Gasteiger charge is -2.35. The molecule has 2 aliphatic heterocycles. The van der Waals surface area contributed by atoms with Gasteiger partial charge in [0, 0.05) is 26.2 Å². The zero-order chi connectivity index (χ0) is 14.5. The number of ether oxygens (including phenoxy) is 1. The molecule has 3 rings (SSSR count). The molecule has 0 amide bonds. The van der Waals surface area contributed by atoms with Crippen LogP contribution >= 0.6 is 24.0 Å². The van der Waals surface area contributed by atoms with Crippen LogP contribution in [-0.2, 0) is 11.3 Å². The highest BCUT2D eigenvalue weighted by Gasteiger charge is 2.32. The molecule has 7 heteroatoms. The maximum atomic E-state index is 5.93. The third-order valence-corrected chi connectivity index (χ3v) is 4.19. The van der Waals surface area contributed by atoms with Gasteiger partial charge in [-0.1, -0.05) is 0 Å². The van der Waals surface area contributed by atoms with Crippen molar-refractivity contribution in [1.29, 1.82) is 0 Å². The van der Waals surface area contributed by atoms with Crippen molar-refractivity contribution in [3.63, 3.8) is 0 Å². The van der Waals surface area contributed by atoms with Gasteiger partial charge in [0.1, 0.15) is 5.76 Å². The van der Waals surface area contributed by atoms with Crippen LogP contribution in [0, 0.1) is 0 Å². The monoisotopic (exact) mass is 420 g/mol. The molecule has 2 atom stereocenters. The molecular formula is C15H25IN4O2. The second-order valence-electron chi connectivity index (χ2n) is 5.63. The molecular weight excluding hydrogens is 395 g/mol. The molecule has 0 spiro atoms. The van der Waals surface area contributed by atoms with Crippen molar-refractivity contribution in [1.82, 2.24) is 15.5 Å². The fraction of sp³-hybridized carbons (Fsp3) is 0.667. The second-order valence-corrected chi connectivity index (χ2v) is 5.63. The van der Waals surface area contributed by atoms with Crippen molar-refractivity contribution in [3.05, 3.63) is 24.2 Å². The van der Waals surface area contributed by atoms with Crippen LogP contribution in [0.15, 0.2) is 27.8 Å². The smallest absolute Gasteiger partial charge is 0.191 e. The molecule has 2 N–H and O–H groups in total. The molecule has 0 radical (unpaired) electrons. The minimum Gasteiger partial charge on any atom is -0.467 e. The van der Waals surface area contributed by atoms with Gasteiger partial charge in [-0.05, 0) is 31.5 Å². The van der Waals surface area contributed by atoms with E-state index in [0.29, 0.717) is 12.6 Å². The first kappa shape index (κ1) is 17.6. The molecule has 3 heterocycles. The Kier molecular flexibility index (Phi) is 6.97. The van der Waals surface area contributed by atoms with Gasteiger partial charge in [-0.3, -0.25) is 9.89 Å². The summed E-state index contributed by atoms with van der Waals surface area (Å²) in [7, 11) is 1.77. The van der Waals surface area contributed by atoms with Crippen molar-refractivity contribution in [2.75, 3.05) is 33.3 Å². The summed E-state index contributed by atoms with van der Waals surface area (Å²) in [5.74, 6) is 1.67. The summed E-state index contributed by atoms with van der Waals surface area (Å²) in [6.45, 7) is 4.51. The van der Waals surface area contributed by atoms with Gasteiger partial charge in [0.05, 0.1) is 25.5 Å². The topological polar surface area (TPSA) is 62.0 Å². The molecule has 6 nitrogen and oxygen atoms in total. The molecule has 0 aromatic carbocycles. The van der Waals surface area contributed by atoms with Crippen molar-refractivity contribution < 1.29 is 9.15 Å². The molecule has 2 saturated heterocycles. The SMILES string of the molecule is CN=C(NCc1ccco1)NCC1CN2CCCC2CO1.I. The third kappa shape index (κ3) is 4.60. The Morgan fingerprint density at radius 3 is 3.14 bits per heavy atom. The first-order valence-corrected chi connectivity index (χ1v) is 7.67. The van der Waals surface area contributed by atoms with Crippen LogP contribution in [0.1, 0.15) is 18.6 Å². The van der Waals surface area contributed by atoms with Crippen LogP contribution in [0.2, 0.25) is 0 Å². The van der Waals surface area contributed by atoms with Crippen molar-refractivity contribution in [2.45, 2.75) is 31.5 Å². The first-order valence-electron chi connectivity index (χ1n) is 7.67. The van der Waals surface area contributed by atoms with E-state index >= 15 is 0 Å². The van der Waals surface area contributed by atoms with E-state index in [0.717, 1.165) is 31.4 Å². The van der Waals surface area contributed by atoms with Gasteiger partial charge in [-0.15, -0.1) is 24.0 Å². The summed E-state index contributed by atoms with van der Waals surface area (Å²) in [4.78, 5) is 6.77.